The van der Waals surface area contributed by atoms with Crippen molar-refractivity contribution in [1.29, 1.82) is 0 Å². The molecule has 0 aromatic heterocycles. The highest BCUT2D eigenvalue weighted by Crippen LogP contribution is 2.37. The number of hydrogen-bond acceptors (Lipinski definition) is 7. The minimum absolute atomic E-state index is 0.0288. The van der Waals surface area contributed by atoms with E-state index in [1.54, 1.807) is 72.8 Å². The maximum absolute atomic E-state index is 13.7. The van der Waals surface area contributed by atoms with Crippen molar-refractivity contribution in [3.63, 3.8) is 0 Å². The predicted molar refractivity (Wildman–Crippen MR) is 189 cm³/mol. The molecule has 0 saturated carbocycles. The molecule has 5 aromatic carbocycles. The maximum atomic E-state index is 13.7. The van der Waals surface area contributed by atoms with Crippen LogP contribution in [-0.2, 0) is 9.59 Å². The number of phenolic OH excluding ortho intramolecular Hbond substituents is 1. The summed E-state index contributed by atoms with van der Waals surface area (Å²) in [5, 5.41) is 26.9. The Morgan fingerprint density at radius 3 is 2.08 bits per heavy atom. The van der Waals surface area contributed by atoms with Crippen molar-refractivity contribution >= 4 is 52.9 Å². The molecule has 0 bridgehead atoms. The van der Waals surface area contributed by atoms with Gasteiger partial charge in [-0.1, -0.05) is 60.7 Å². The summed E-state index contributed by atoms with van der Waals surface area (Å²) in [6.45, 7) is 0. The molecule has 1 atom stereocenters. The van der Waals surface area contributed by atoms with Crippen molar-refractivity contribution in [3.8, 4) is 11.5 Å². The van der Waals surface area contributed by atoms with Crippen LogP contribution in [0.2, 0.25) is 0 Å². The van der Waals surface area contributed by atoms with E-state index in [2.05, 4.69) is 16.0 Å². The summed E-state index contributed by atoms with van der Waals surface area (Å²) in [5.74, 6) is -2.35. The van der Waals surface area contributed by atoms with Gasteiger partial charge in [0.15, 0.2) is 0 Å². The Kier molecular flexibility index (Phi) is 11.1. The third-order valence-electron chi connectivity index (χ3n) is 7.11. The molecule has 5 rings (SSSR count). The molecular weight excluding hydrogens is 642 g/mol. The fourth-order valence-corrected chi connectivity index (χ4v) is 5.82. The molecule has 5 aromatic rings. The zero-order valence-electron chi connectivity index (χ0n) is 26.1. The summed E-state index contributed by atoms with van der Waals surface area (Å²) in [5.41, 5.74) is 2.20. The molecule has 11 heteroatoms. The number of ether oxygens (including phenoxy) is 1. The Bertz CT molecular complexity index is 2020. The lowest BCUT2D eigenvalue weighted by Gasteiger charge is -2.18. The molecule has 0 aliphatic carbocycles. The van der Waals surface area contributed by atoms with Crippen LogP contribution in [0.5, 0.6) is 11.5 Å². The van der Waals surface area contributed by atoms with E-state index in [0.717, 1.165) is 0 Å². The molecule has 0 aliphatic rings. The molecule has 3 amide bonds. The second kappa shape index (κ2) is 16.0. The number of anilines is 2. The van der Waals surface area contributed by atoms with Crippen molar-refractivity contribution < 1.29 is 34.1 Å². The van der Waals surface area contributed by atoms with Gasteiger partial charge in [-0.3, -0.25) is 14.4 Å². The van der Waals surface area contributed by atoms with Crippen LogP contribution in [0.4, 0.5) is 11.4 Å². The first-order valence-electron chi connectivity index (χ1n) is 14.9. The molecule has 0 saturated heterocycles. The summed E-state index contributed by atoms with van der Waals surface area (Å²) < 4.78 is 5.37. The molecule has 0 heterocycles. The van der Waals surface area contributed by atoms with Crippen molar-refractivity contribution in [2.45, 2.75) is 10.1 Å². The van der Waals surface area contributed by atoms with Gasteiger partial charge in [0.2, 0.25) is 5.91 Å². The number of amides is 3. The van der Waals surface area contributed by atoms with Crippen LogP contribution in [-0.4, -0.2) is 41.0 Å². The van der Waals surface area contributed by atoms with E-state index in [-0.39, 0.29) is 28.7 Å². The number of aromatic carboxylic acids is 1. The zero-order chi connectivity index (χ0) is 34.8. The largest absolute Gasteiger partial charge is 0.508 e. The van der Waals surface area contributed by atoms with Gasteiger partial charge in [0.25, 0.3) is 11.8 Å². The van der Waals surface area contributed by atoms with Gasteiger partial charge in [0, 0.05) is 33.5 Å². The fourth-order valence-electron chi connectivity index (χ4n) is 4.74. The molecule has 0 fully saturated rings. The number of aromatic hydroxyl groups is 1. The Balaban J connectivity index is 1.40. The van der Waals surface area contributed by atoms with Crippen LogP contribution in [0.3, 0.4) is 0 Å². The van der Waals surface area contributed by atoms with Crippen LogP contribution >= 0.6 is 11.8 Å². The van der Waals surface area contributed by atoms with Crippen molar-refractivity contribution in [2.24, 2.45) is 0 Å². The zero-order valence-corrected chi connectivity index (χ0v) is 26.9. The van der Waals surface area contributed by atoms with E-state index >= 15 is 0 Å². The van der Waals surface area contributed by atoms with E-state index in [0.29, 0.717) is 33.0 Å². The van der Waals surface area contributed by atoms with E-state index in [9.17, 15) is 29.4 Å². The molecule has 5 N–H and O–H groups in total. The van der Waals surface area contributed by atoms with Gasteiger partial charge >= 0.3 is 5.97 Å². The van der Waals surface area contributed by atoms with E-state index < -0.39 is 23.0 Å². The molecule has 49 heavy (non-hydrogen) atoms. The van der Waals surface area contributed by atoms with Crippen LogP contribution in [0.15, 0.2) is 138 Å². The van der Waals surface area contributed by atoms with Crippen LogP contribution in [0.1, 0.15) is 37.1 Å². The highest BCUT2D eigenvalue weighted by Gasteiger charge is 2.23. The molecule has 246 valence electrons. The number of phenols is 1. The highest BCUT2D eigenvalue weighted by molar-refractivity contribution is 8.00. The number of carbonyl (C=O) groups excluding carboxylic acids is 3. The third kappa shape index (κ3) is 9.15. The van der Waals surface area contributed by atoms with Crippen molar-refractivity contribution in [2.75, 3.05) is 17.7 Å². The number of hydrogen-bond donors (Lipinski definition) is 5. The molecule has 0 radical (unpaired) electrons. The first-order chi connectivity index (χ1) is 23.7. The normalized spacial score (nSPS) is 11.6. The number of carboxylic acids is 1. The van der Waals surface area contributed by atoms with Gasteiger partial charge in [0.05, 0.1) is 12.7 Å². The minimum atomic E-state index is -1.11. The Morgan fingerprint density at radius 2 is 1.39 bits per heavy atom. The molecule has 1 unspecified atom stereocenters. The van der Waals surface area contributed by atoms with E-state index in [4.69, 9.17) is 4.74 Å². The van der Waals surface area contributed by atoms with E-state index in [1.807, 2.05) is 30.3 Å². The average molecular weight is 674 g/mol. The molecule has 10 nitrogen and oxygen atoms in total. The quantitative estimate of drug-likeness (QED) is 0.0702. The molecule has 0 spiro atoms. The summed E-state index contributed by atoms with van der Waals surface area (Å²) >= 11 is 1.24. The van der Waals surface area contributed by atoms with Gasteiger partial charge in [-0.2, -0.15) is 0 Å². The Morgan fingerprint density at radius 1 is 0.735 bits per heavy atom. The third-order valence-corrected chi connectivity index (χ3v) is 8.36. The second-order valence-corrected chi connectivity index (χ2v) is 11.7. The Labute approximate surface area is 286 Å². The van der Waals surface area contributed by atoms with Crippen LogP contribution < -0.4 is 20.7 Å². The topological polar surface area (TPSA) is 154 Å². The van der Waals surface area contributed by atoms with Gasteiger partial charge in [-0.05, 0) is 72.3 Å². The summed E-state index contributed by atoms with van der Waals surface area (Å²) in [4.78, 5) is 52.5. The SMILES string of the molecule is COc1cc(O)ccc1/C=C(/NC(=O)c1ccccc1)C(=O)Nc1cccc(SC(C(=O)Nc2cccc(C(=O)O)c2)c2ccccc2)c1. The number of methoxy groups -OCH3 is 1. The first kappa shape index (κ1) is 34.0. The summed E-state index contributed by atoms with van der Waals surface area (Å²) in [7, 11) is 1.42. The first-order valence-corrected chi connectivity index (χ1v) is 15.8. The van der Waals surface area contributed by atoms with Crippen molar-refractivity contribution in [3.05, 3.63) is 155 Å². The van der Waals surface area contributed by atoms with Crippen molar-refractivity contribution in [1.82, 2.24) is 5.32 Å². The van der Waals surface area contributed by atoms with E-state index in [1.165, 1.54) is 49.2 Å². The standard InChI is InChI=1S/C38H31N3O7S/c1-48-33-23-30(42)19-18-26(33)21-32(41-35(43)25-12-6-3-7-13-25)36(44)39-29-16-9-17-31(22-29)49-34(24-10-4-2-5-11-24)37(45)40-28-15-8-14-27(20-28)38(46)47/h2-23,34,42H,1H3,(H,39,44)(H,40,45)(H,41,43)(H,46,47)/b32-21+. The number of rotatable bonds is 12. The van der Waals surface area contributed by atoms with Gasteiger partial charge in [0.1, 0.15) is 22.4 Å². The fraction of sp³-hybridized carbons (Fsp3) is 0.0526. The lowest BCUT2D eigenvalue weighted by molar-refractivity contribution is -0.116. The van der Waals surface area contributed by atoms with Crippen LogP contribution in [0.25, 0.3) is 6.08 Å². The second-order valence-electron chi connectivity index (χ2n) is 10.6. The summed E-state index contributed by atoms with van der Waals surface area (Å²) in [6, 6.07) is 34.8. The maximum Gasteiger partial charge on any atom is 0.335 e. The average Bonchev–Trinajstić information content (AvgIpc) is 3.11. The highest BCUT2D eigenvalue weighted by atomic mass is 32.2. The number of carboxylic acid groups (broad SMARTS) is 1. The Hall–Kier alpha value is -6.33. The molecular formula is C38H31N3O7S. The minimum Gasteiger partial charge on any atom is -0.508 e. The molecule has 0 aliphatic heterocycles. The number of carbonyl (C=O) groups is 4. The number of nitrogens with one attached hydrogen (secondary N) is 3. The van der Waals surface area contributed by atoms with Crippen LogP contribution in [0, 0.1) is 0 Å². The van der Waals surface area contributed by atoms with Gasteiger partial charge < -0.3 is 30.9 Å². The summed E-state index contributed by atoms with van der Waals surface area (Å²) in [6.07, 6.45) is 1.45. The lowest BCUT2D eigenvalue weighted by atomic mass is 10.1. The monoisotopic (exact) mass is 673 g/mol. The lowest BCUT2D eigenvalue weighted by Crippen LogP contribution is -2.30. The predicted octanol–water partition coefficient (Wildman–Crippen LogP) is 6.98. The van der Waals surface area contributed by atoms with Gasteiger partial charge in [-0.25, -0.2) is 4.79 Å². The number of benzene rings is 5. The van der Waals surface area contributed by atoms with Gasteiger partial charge in [-0.15, -0.1) is 11.8 Å². The number of thioether (sulfide) groups is 1. The smallest absolute Gasteiger partial charge is 0.335 e.